The Balaban J connectivity index is 2.37. The number of halogens is 4. The van der Waals surface area contributed by atoms with Crippen LogP contribution in [0.3, 0.4) is 0 Å². The molecule has 1 heterocycles. The van der Waals surface area contributed by atoms with Crippen molar-refractivity contribution < 1.29 is 32.9 Å². The number of carbonyl (C=O) groups is 1. The zero-order chi connectivity index (χ0) is 17.9. The summed E-state index contributed by atoms with van der Waals surface area (Å²) < 4.78 is 43.1. The summed E-state index contributed by atoms with van der Waals surface area (Å²) in [6.07, 6.45) is -2.03. The van der Waals surface area contributed by atoms with Crippen molar-refractivity contribution in [3.8, 4) is 17.4 Å². The topological polar surface area (TPSA) is 79.7 Å². The number of alkyl halides is 3. The van der Waals surface area contributed by atoms with Crippen LogP contribution in [0.15, 0.2) is 36.5 Å². The number of nitrogens with zero attached hydrogens (tertiary/aromatic N) is 1. The molecule has 0 aliphatic rings. The van der Waals surface area contributed by atoms with E-state index >= 15 is 0 Å². The number of carboxylic acids is 1. The summed E-state index contributed by atoms with van der Waals surface area (Å²) in [6.45, 7) is 0. The quantitative estimate of drug-likeness (QED) is 0.793. The Labute approximate surface area is 138 Å². The summed E-state index contributed by atoms with van der Waals surface area (Å²) in [5.74, 6) is -1.75. The number of phenolic OH excluding ortho intramolecular Hbond substituents is 1. The highest BCUT2D eigenvalue weighted by molar-refractivity contribution is 6.31. The molecule has 0 amide bonds. The van der Waals surface area contributed by atoms with Crippen LogP contribution in [-0.2, 0) is 11.0 Å². The van der Waals surface area contributed by atoms with Crippen LogP contribution >= 0.6 is 11.6 Å². The first-order chi connectivity index (χ1) is 11.2. The highest BCUT2D eigenvalue weighted by Gasteiger charge is 2.31. The number of hydrogen-bond acceptors (Lipinski definition) is 4. The SMILES string of the molecule is O=C(O)/C=C/c1ccc(O)cc1Oc1ncc(C(F)(F)F)cc1Cl. The van der Waals surface area contributed by atoms with Crippen LogP contribution in [0.4, 0.5) is 13.2 Å². The van der Waals surface area contributed by atoms with Crippen LogP contribution in [0.2, 0.25) is 5.02 Å². The van der Waals surface area contributed by atoms with Gasteiger partial charge in [-0.3, -0.25) is 0 Å². The van der Waals surface area contributed by atoms with Gasteiger partial charge in [0.2, 0.25) is 5.88 Å². The zero-order valence-corrected chi connectivity index (χ0v) is 12.5. The minimum atomic E-state index is -4.60. The molecule has 2 rings (SSSR count). The van der Waals surface area contributed by atoms with E-state index in [1.165, 1.54) is 18.2 Å². The second kappa shape index (κ2) is 6.79. The lowest BCUT2D eigenvalue weighted by Crippen LogP contribution is -2.05. The van der Waals surface area contributed by atoms with Gasteiger partial charge < -0.3 is 14.9 Å². The van der Waals surface area contributed by atoms with Crippen molar-refractivity contribution in [3.63, 3.8) is 0 Å². The molecule has 2 N–H and O–H groups in total. The Hall–Kier alpha value is -2.74. The molecule has 1 aromatic carbocycles. The number of aliphatic carboxylic acids is 1. The van der Waals surface area contributed by atoms with Crippen LogP contribution in [-0.4, -0.2) is 21.2 Å². The van der Waals surface area contributed by atoms with E-state index in [0.717, 1.165) is 12.1 Å². The van der Waals surface area contributed by atoms with Gasteiger partial charge in [-0.25, -0.2) is 9.78 Å². The lowest BCUT2D eigenvalue weighted by atomic mass is 10.1. The summed E-state index contributed by atoms with van der Waals surface area (Å²) >= 11 is 5.74. The van der Waals surface area contributed by atoms with Gasteiger partial charge in [0, 0.05) is 23.9 Å². The maximum absolute atomic E-state index is 12.6. The van der Waals surface area contributed by atoms with E-state index in [0.29, 0.717) is 12.3 Å². The second-order valence-electron chi connectivity index (χ2n) is 4.50. The molecule has 0 saturated carbocycles. The van der Waals surface area contributed by atoms with Gasteiger partial charge in [0.15, 0.2) is 0 Å². The predicted molar refractivity (Wildman–Crippen MR) is 79.1 cm³/mol. The first-order valence-electron chi connectivity index (χ1n) is 6.31. The van der Waals surface area contributed by atoms with Crippen molar-refractivity contribution >= 4 is 23.6 Å². The highest BCUT2D eigenvalue weighted by atomic mass is 35.5. The molecular formula is C15H9ClF3NO4. The van der Waals surface area contributed by atoms with Crippen LogP contribution in [0.25, 0.3) is 6.08 Å². The van der Waals surface area contributed by atoms with Gasteiger partial charge in [-0.15, -0.1) is 0 Å². The first kappa shape index (κ1) is 17.6. The first-order valence-corrected chi connectivity index (χ1v) is 6.69. The number of ether oxygens (including phenoxy) is 1. The number of pyridine rings is 1. The third-order valence-corrected chi connectivity index (χ3v) is 3.01. The second-order valence-corrected chi connectivity index (χ2v) is 4.91. The van der Waals surface area contributed by atoms with E-state index in [1.54, 1.807) is 0 Å². The average Bonchev–Trinajstić information content (AvgIpc) is 2.47. The number of benzene rings is 1. The number of phenols is 1. The van der Waals surface area contributed by atoms with E-state index in [2.05, 4.69) is 4.98 Å². The molecule has 24 heavy (non-hydrogen) atoms. The van der Waals surface area contributed by atoms with Gasteiger partial charge in [0.1, 0.15) is 16.5 Å². The molecule has 0 atom stereocenters. The molecular weight excluding hydrogens is 351 g/mol. The molecule has 0 aliphatic carbocycles. The smallest absolute Gasteiger partial charge is 0.417 e. The fraction of sp³-hybridized carbons (Fsp3) is 0.0667. The summed E-state index contributed by atoms with van der Waals surface area (Å²) in [7, 11) is 0. The normalized spacial score (nSPS) is 11.7. The number of aromatic nitrogens is 1. The Morgan fingerprint density at radius 3 is 2.58 bits per heavy atom. The predicted octanol–water partition coefficient (Wildman–Crippen LogP) is 4.35. The largest absolute Gasteiger partial charge is 0.508 e. The summed E-state index contributed by atoms with van der Waals surface area (Å²) in [5, 5.41) is 17.7. The van der Waals surface area contributed by atoms with Crippen molar-refractivity contribution in [2.45, 2.75) is 6.18 Å². The van der Waals surface area contributed by atoms with Gasteiger partial charge in [0.05, 0.1) is 5.56 Å². The molecule has 5 nitrogen and oxygen atoms in total. The monoisotopic (exact) mass is 359 g/mol. The molecule has 2 aromatic rings. The van der Waals surface area contributed by atoms with Crippen molar-refractivity contribution in [2.24, 2.45) is 0 Å². The molecule has 126 valence electrons. The summed E-state index contributed by atoms with van der Waals surface area (Å²) in [6, 6.07) is 4.45. The van der Waals surface area contributed by atoms with Crippen molar-refractivity contribution in [1.82, 2.24) is 4.98 Å². The van der Waals surface area contributed by atoms with Crippen molar-refractivity contribution in [3.05, 3.63) is 52.7 Å². The van der Waals surface area contributed by atoms with Gasteiger partial charge >= 0.3 is 12.1 Å². The molecule has 0 radical (unpaired) electrons. The lowest BCUT2D eigenvalue weighted by molar-refractivity contribution is -0.138. The van der Waals surface area contributed by atoms with Crippen molar-refractivity contribution in [2.75, 3.05) is 0 Å². The van der Waals surface area contributed by atoms with Gasteiger partial charge in [-0.1, -0.05) is 11.6 Å². The van der Waals surface area contributed by atoms with Gasteiger partial charge in [0.25, 0.3) is 0 Å². The molecule has 0 spiro atoms. The van der Waals surface area contributed by atoms with Crippen LogP contribution in [0.5, 0.6) is 17.4 Å². The minimum absolute atomic E-state index is 0.0262. The van der Waals surface area contributed by atoms with E-state index in [-0.39, 0.29) is 28.0 Å². The van der Waals surface area contributed by atoms with E-state index in [9.17, 15) is 23.1 Å². The average molecular weight is 360 g/mol. The highest BCUT2D eigenvalue weighted by Crippen LogP contribution is 2.36. The molecule has 0 fully saturated rings. The fourth-order valence-electron chi connectivity index (χ4n) is 1.67. The van der Waals surface area contributed by atoms with E-state index < -0.39 is 17.7 Å². The lowest BCUT2D eigenvalue weighted by Gasteiger charge is -2.12. The maximum atomic E-state index is 12.6. The van der Waals surface area contributed by atoms with Gasteiger partial charge in [-0.2, -0.15) is 13.2 Å². The van der Waals surface area contributed by atoms with Crippen molar-refractivity contribution in [1.29, 1.82) is 0 Å². The standard InChI is InChI=1S/C15H9ClF3NO4/c16-11-5-9(15(17,18)19)7-20-14(11)24-12-6-10(21)3-1-8(12)2-4-13(22)23/h1-7,21H,(H,22,23)/b4-2+. The van der Waals surface area contributed by atoms with Gasteiger partial charge in [-0.05, 0) is 24.3 Å². The van der Waals surface area contributed by atoms with E-state index in [4.69, 9.17) is 21.4 Å². The molecule has 0 aliphatic heterocycles. The molecule has 0 saturated heterocycles. The Morgan fingerprint density at radius 1 is 1.29 bits per heavy atom. The minimum Gasteiger partial charge on any atom is -0.508 e. The Bertz CT molecular complexity index is 806. The third-order valence-electron chi connectivity index (χ3n) is 2.74. The summed E-state index contributed by atoms with van der Waals surface area (Å²) in [4.78, 5) is 14.1. The van der Waals surface area contributed by atoms with E-state index in [1.807, 2.05) is 0 Å². The van der Waals surface area contributed by atoms with Crippen LogP contribution in [0.1, 0.15) is 11.1 Å². The maximum Gasteiger partial charge on any atom is 0.417 e. The molecule has 1 aromatic heterocycles. The Morgan fingerprint density at radius 2 is 2.00 bits per heavy atom. The number of aromatic hydroxyl groups is 1. The number of hydrogen-bond donors (Lipinski definition) is 2. The number of carboxylic acid groups (broad SMARTS) is 1. The van der Waals surface area contributed by atoms with Crippen LogP contribution in [0, 0.1) is 0 Å². The van der Waals surface area contributed by atoms with Crippen LogP contribution < -0.4 is 4.74 Å². The number of rotatable bonds is 4. The molecule has 0 unspecified atom stereocenters. The zero-order valence-electron chi connectivity index (χ0n) is 11.7. The summed E-state index contributed by atoms with van der Waals surface area (Å²) in [5.41, 5.74) is -0.783. The third kappa shape index (κ3) is 4.39. The fourth-order valence-corrected chi connectivity index (χ4v) is 1.87. The molecule has 9 heteroatoms. The molecule has 0 bridgehead atoms. The Kier molecular flexibility index (Phi) is 4.99.